The van der Waals surface area contributed by atoms with Crippen LogP contribution in [0, 0.1) is 10.1 Å². The number of non-ortho nitro benzene ring substituents is 1. The zero-order valence-electron chi connectivity index (χ0n) is 8.32. The molecule has 0 aliphatic rings. The Hall–Kier alpha value is 0.686. The Labute approximate surface area is 140 Å². The van der Waals surface area contributed by atoms with Crippen molar-refractivity contribution < 1.29 is 69.3 Å². The number of rotatable bonds is 4. The first-order valence-electron chi connectivity index (χ1n) is 3.72. The molecule has 0 amide bonds. The third-order valence-corrected chi connectivity index (χ3v) is 5.18. The molecule has 0 saturated heterocycles. The van der Waals surface area contributed by atoms with Crippen molar-refractivity contribution in [2.45, 2.75) is 5.32 Å². The van der Waals surface area contributed by atoms with Crippen LogP contribution in [0.2, 0.25) is 0 Å². The van der Waals surface area contributed by atoms with Crippen LogP contribution in [0.3, 0.4) is 0 Å². The minimum atomic E-state index is -4.17. The topological polar surface area (TPSA) is 100 Å². The van der Waals surface area contributed by atoms with E-state index in [0.717, 1.165) is 0 Å². The summed E-state index contributed by atoms with van der Waals surface area (Å²) in [5.41, 5.74) is 0.552. The molecule has 0 unspecified atom stereocenters. The van der Waals surface area contributed by atoms with E-state index in [9.17, 15) is 23.1 Å². The summed E-state index contributed by atoms with van der Waals surface area (Å²) in [5.74, 6) is 0. The maximum atomic E-state index is 10.3. The number of nitro benzene ring substituents is 1. The molecule has 0 spiro atoms. The molecule has 0 heterocycles. The predicted molar refractivity (Wildman–Crippen MR) is 52.3 cm³/mol. The van der Waals surface area contributed by atoms with Crippen LogP contribution in [0.15, 0.2) is 24.3 Å². The van der Waals surface area contributed by atoms with Gasteiger partial charge in [0.25, 0.3) is 0 Å². The van der Waals surface area contributed by atoms with Gasteiger partial charge < -0.3 is 0 Å². The van der Waals surface area contributed by atoms with Gasteiger partial charge in [0.15, 0.2) is 0 Å². The first kappa shape index (κ1) is 16.7. The minimum Gasteiger partial charge on any atom is 1.00 e. The van der Waals surface area contributed by atoms with Gasteiger partial charge in [0, 0.05) is 0 Å². The van der Waals surface area contributed by atoms with Crippen LogP contribution in [0.5, 0.6) is 0 Å². The first-order chi connectivity index (χ1) is 6.88. The molecule has 0 radical (unpaired) electrons. The summed E-state index contributed by atoms with van der Waals surface area (Å²) in [6.45, 7) is 0. The van der Waals surface area contributed by atoms with E-state index in [2.05, 4.69) is 0 Å². The fourth-order valence-corrected chi connectivity index (χ4v) is 3.30. The van der Waals surface area contributed by atoms with E-state index in [4.69, 9.17) is 0 Å². The van der Waals surface area contributed by atoms with Crippen molar-refractivity contribution in [1.29, 1.82) is 0 Å². The Morgan fingerprint density at radius 2 is 1.75 bits per heavy atom. The zero-order chi connectivity index (χ0) is 11.5. The molecule has 0 bridgehead atoms. The van der Waals surface area contributed by atoms with Crippen LogP contribution in [0.4, 0.5) is 5.69 Å². The number of benzene rings is 1. The maximum Gasteiger partial charge on any atom is 1.00 e. The van der Waals surface area contributed by atoms with E-state index in [0.29, 0.717) is 5.56 Å². The molecule has 0 fully saturated rings. The smallest absolute Gasteiger partial charge is 1.00 e. The SMILES string of the molecule is O=[N+]([O-])c1ccc(C[Se]S(=O)(=O)[O-])cc1.[K+]. The van der Waals surface area contributed by atoms with Crippen LogP contribution in [0.25, 0.3) is 0 Å². The summed E-state index contributed by atoms with van der Waals surface area (Å²) in [6.07, 6.45) is 0. The van der Waals surface area contributed by atoms with Crippen molar-refractivity contribution in [2.24, 2.45) is 0 Å². The number of hydrogen-bond donors (Lipinski definition) is 0. The van der Waals surface area contributed by atoms with Crippen molar-refractivity contribution in [2.75, 3.05) is 0 Å². The second-order valence-corrected chi connectivity index (χ2v) is 8.31. The summed E-state index contributed by atoms with van der Waals surface area (Å²) in [6, 6.07) is 5.46. The van der Waals surface area contributed by atoms with Crippen molar-refractivity contribution in [3.63, 3.8) is 0 Å². The first-order valence-corrected chi connectivity index (χ1v) is 8.36. The van der Waals surface area contributed by atoms with Gasteiger partial charge in [-0.3, -0.25) is 0 Å². The van der Waals surface area contributed by atoms with Gasteiger partial charge >= 0.3 is 143 Å². The van der Waals surface area contributed by atoms with E-state index in [-0.39, 0.29) is 62.4 Å². The normalized spacial score (nSPS) is 10.6. The van der Waals surface area contributed by atoms with Crippen LogP contribution in [-0.4, -0.2) is 31.7 Å². The van der Waals surface area contributed by atoms with Crippen LogP contribution in [-0.2, 0) is 13.9 Å². The van der Waals surface area contributed by atoms with Crippen molar-refractivity contribution in [3.8, 4) is 0 Å². The minimum absolute atomic E-state index is 0. The molecule has 0 N–H and O–H groups in total. The standard InChI is InChI=1S/C7H7NO5SSe.K/c9-8(10)7-3-1-6(2-4-7)5-15-14(11,12)13;/h1-4H,5H2,(H,11,12,13);/q;+1/p-1. The number of nitro groups is 1. The van der Waals surface area contributed by atoms with Gasteiger partial charge in [-0.25, -0.2) is 0 Å². The third kappa shape index (κ3) is 6.43. The molecule has 0 aromatic heterocycles. The molecule has 0 aliphatic heterocycles. The summed E-state index contributed by atoms with van der Waals surface area (Å²) >= 11 is -1.05. The molecule has 1 rings (SSSR count). The molecule has 0 atom stereocenters. The summed E-state index contributed by atoms with van der Waals surface area (Å²) in [5, 5.41) is 10.4. The molecule has 1 aromatic rings. The summed E-state index contributed by atoms with van der Waals surface area (Å²) < 4.78 is 31.0. The van der Waals surface area contributed by atoms with E-state index in [1.54, 1.807) is 0 Å². The molecule has 16 heavy (non-hydrogen) atoms. The largest absolute Gasteiger partial charge is 1.00 e. The fourth-order valence-electron chi connectivity index (χ4n) is 0.854. The molecular formula is C7H6KNO5SSe. The van der Waals surface area contributed by atoms with Crippen LogP contribution in [0.1, 0.15) is 5.56 Å². The van der Waals surface area contributed by atoms with Crippen molar-refractivity contribution >= 4 is 28.1 Å². The Balaban J connectivity index is 0.00000225. The van der Waals surface area contributed by atoms with E-state index in [1.165, 1.54) is 24.3 Å². The zero-order valence-corrected chi connectivity index (χ0v) is 14.0. The molecule has 82 valence electrons. The number of hydrogen-bond acceptors (Lipinski definition) is 5. The molecule has 1 aromatic carbocycles. The van der Waals surface area contributed by atoms with Gasteiger partial charge in [-0.2, -0.15) is 0 Å². The Bertz CT molecular complexity index is 460. The quantitative estimate of drug-likeness (QED) is 0.257. The van der Waals surface area contributed by atoms with Gasteiger partial charge in [-0.15, -0.1) is 0 Å². The van der Waals surface area contributed by atoms with E-state index < -0.39 is 27.3 Å². The van der Waals surface area contributed by atoms with E-state index in [1.807, 2.05) is 0 Å². The fraction of sp³-hybridized carbons (Fsp3) is 0.143. The third-order valence-electron chi connectivity index (χ3n) is 1.52. The average molecular weight is 334 g/mol. The maximum absolute atomic E-state index is 10.3. The van der Waals surface area contributed by atoms with Crippen LogP contribution >= 0.6 is 0 Å². The van der Waals surface area contributed by atoms with E-state index >= 15 is 0 Å². The van der Waals surface area contributed by atoms with Gasteiger partial charge in [-0.1, -0.05) is 0 Å². The van der Waals surface area contributed by atoms with Gasteiger partial charge in [0.2, 0.25) is 0 Å². The molecule has 0 aliphatic carbocycles. The summed E-state index contributed by atoms with van der Waals surface area (Å²) in [7, 11) is -4.17. The molecular weight excluding hydrogens is 328 g/mol. The van der Waals surface area contributed by atoms with Crippen molar-refractivity contribution in [1.82, 2.24) is 0 Å². The monoisotopic (exact) mass is 335 g/mol. The molecule has 6 nitrogen and oxygen atoms in total. The molecule has 0 saturated carbocycles. The predicted octanol–water partition coefficient (Wildman–Crippen LogP) is -2.74. The Morgan fingerprint density at radius 1 is 1.25 bits per heavy atom. The summed E-state index contributed by atoms with van der Waals surface area (Å²) in [4.78, 5) is 9.75. The second-order valence-electron chi connectivity index (χ2n) is 2.59. The molecule has 9 heteroatoms. The average Bonchev–Trinajstić information content (AvgIpc) is 2.14. The second kappa shape index (κ2) is 7.19. The van der Waals surface area contributed by atoms with Gasteiger partial charge in [0.1, 0.15) is 0 Å². The van der Waals surface area contributed by atoms with Crippen LogP contribution < -0.4 is 51.4 Å². The Morgan fingerprint density at radius 3 is 2.12 bits per heavy atom. The van der Waals surface area contributed by atoms with Gasteiger partial charge in [-0.05, 0) is 0 Å². The number of nitrogens with zero attached hydrogens (tertiary/aromatic N) is 1. The Kier molecular flexibility index (Phi) is 7.50. The van der Waals surface area contributed by atoms with Crippen molar-refractivity contribution in [3.05, 3.63) is 39.9 Å². The van der Waals surface area contributed by atoms with Gasteiger partial charge in [0.05, 0.1) is 0 Å².